The van der Waals surface area contributed by atoms with Gasteiger partial charge in [0.15, 0.2) is 5.12 Å². The minimum atomic E-state index is -0.181. The molecule has 0 saturated heterocycles. The van der Waals surface area contributed by atoms with Crippen LogP contribution in [0.1, 0.15) is 0 Å². The van der Waals surface area contributed by atoms with Crippen molar-refractivity contribution >= 4 is 6.34 Å². The van der Waals surface area contributed by atoms with Crippen LogP contribution >= 0.6 is 0 Å². The van der Waals surface area contributed by atoms with Crippen LogP contribution in [0.4, 0.5) is 4.48 Å². The number of halogens is 1. The van der Waals surface area contributed by atoms with Crippen LogP contribution in [0.2, 0.25) is 0 Å². The van der Waals surface area contributed by atoms with Gasteiger partial charge in [0, 0.05) is 0 Å². The van der Waals surface area contributed by atoms with E-state index in [1.165, 1.54) is 6.04 Å². The highest BCUT2D eigenvalue weighted by molar-refractivity contribution is 5.54. The van der Waals surface area contributed by atoms with E-state index in [-0.39, 0.29) is 5.12 Å². The Morgan fingerprint density at radius 1 is 2.00 bits per heavy atom. The molecule has 1 N–H and O–H groups in total. The minimum absolute atomic E-state index is 0.181. The number of nitrogens with zero attached hydrogens (tertiary/aromatic N) is 1. The Bertz CT molecular complexity index is 83.3. The molecule has 0 amide bonds. The van der Waals surface area contributed by atoms with Gasteiger partial charge < -0.3 is 0 Å². The third-order valence-electron chi connectivity index (χ3n) is 0.237. The second-order valence-electron chi connectivity index (χ2n) is 0.569. The van der Waals surface area contributed by atoms with Gasteiger partial charge in [-0.25, -0.2) is 5.41 Å². The van der Waals surface area contributed by atoms with Crippen molar-refractivity contribution in [1.29, 1.82) is 5.41 Å². The highest BCUT2D eigenvalue weighted by Gasteiger charge is 2.01. The number of terminal acetylenes is 1. The summed E-state index contributed by atoms with van der Waals surface area (Å²) in [6.45, 7) is 0. The molecule has 0 unspecified atom stereocenters. The predicted molar refractivity (Wildman–Crippen MR) is 20.9 cm³/mol. The molecule has 0 rings (SSSR count). The monoisotopic (exact) mass is 86.0 g/mol. The van der Waals surface area contributed by atoms with E-state index in [2.05, 4.69) is 6.42 Å². The molecule has 2 nitrogen and oxygen atoms in total. The zero-order valence-electron chi connectivity index (χ0n) is 2.98. The highest BCUT2D eigenvalue weighted by atomic mass is 19.2. The van der Waals surface area contributed by atoms with E-state index in [9.17, 15) is 4.48 Å². The summed E-state index contributed by atoms with van der Waals surface area (Å²) in [5.41, 5.74) is 0. The normalized spacial score (nSPS) is 7.50. The maximum Gasteiger partial charge on any atom is 0.294 e. The molecular formula is C3H3FN2+. The lowest BCUT2D eigenvalue weighted by Gasteiger charge is -1.63. The first-order chi connectivity index (χ1) is 2.81. The Hall–Kier alpha value is -0.880. The number of hydrogen-bond donors (Lipinski definition) is 1. The minimum Gasteiger partial charge on any atom is -0.249 e. The molecule has 1 radical (unpaired) electrons. The fourth-order valence-corrected chi connectivity index (χ4v) is 0.0373. The summed E-state index contributed by atoms with van der Waals surface area (Å²) in [4.78, 5) is 0. The molecule has 0 atom stereocenters. The molecular weight excluding hydrogens is 83.0 g/mol. The molecule has 0 saturated carbocycles. The fraction of sp³-hybridized carbons (Fsp3) is 0. The first-order valence-corrected chi connectivity index (χ1v) is 1.23. The molecule has 31 valence electrons. The van der Waals surface area contributed by atoms with Gasteiger partial charge in [0.05, 0.1) is 4.48 Å². The largest absolute Gasteiger partial charge is 0.294 e. The van der Waals surface area contributed by atoms with Crippen LogP contribution in [0, 0.1) is 17.9 Å². The Morgan fingerprint density at radius 3 is 2.50 bits per heavy atom. The lowest BCUT2D eigenvalue weighted by Crippen LogP contribution is -2.06. The van der Waals surface area contributed by atoms with E-state index in [1.807, 2.05) is 0 Å². The number of hydrogen-bond acceptors (Lipinski definition) is 1. The quantitative estimate of drug-likeness (QED) is 0.155. The van der Waals surface area contributed by atoms with E-state index in [4.69, 9.17) is 5.41 Å². The van der Waals surface area contributed by atoms with Gasteiger partial charge in [-0.05, 0) is 6.42 Å². The lowest BCUT2D eigenvalue weighted by molar-refractivity contribution is 0.330. The van der Waals surface area contributed by atoms with E-state index < -0.39 is 0 Å². The third kappa shape index (κ3) is 1.44. The van der Waals surface area contributed by atoms with E-state index >= 15 is 0 Å². The molecule has 0 aromatic rings. The summed E-state index contributed by atoms with van der Waals surface area (Å²) in [5, 5.41) is 5.91. The van der Waals surface area contributed by atoms with Gasteiger partial charge in [0.25, 0.3) is 6.34 Å². The van der Waals surface area contributed by atoms with Gasteiger partial charge in [0.2, 0.25) is 6.04 Å². The van der Waals surface area contributed by atoms with Gasteiger partial charge in [0.1, 0.15) is 0 Å². The van der Waals surface area contributed by atoms with E-state index in [0.29, 0.717) is 6.34 Å². The topological polar surface area (TPSA) is 29.8 Å². The highest BCUT2D eigenvalue weighted by Crippen LogP contribution is 1.65. The van der Waals surface area contributed by atoms with Crippen molar-refractivity contribution < 1.29 is 4.48 Å². The van der Waals surface area contributed by atoms with Gasteiger partial charge >= 0.3 is 0 Å². The summed E-state index contributed by atoms with van der Waals surface area (Å²) in [6, 6.07) is 1.54. The summed E-state index contributed by atoms with van der Waals surface area (Å²) < 4.78 is 11.2. The molecule has 6 heavy (non-hydrogen) atoms. The maximum atomic E-state index is 11.2. The molecule has 0 spiro atoms. The van der Waals surface area contributed by atoms with Crippen molar-refractivity contribution in [1.82, 2.24) is 5.12 Å². The third-order valence-corrected chi connectivity index (χ3v) is 0.237. The molecule has 0 fully saturated rings. The summed E-state index contributed by atoms with van der Waals surface area (Å²) in [7, 11) is 0. The number of rotatable bonds is 1. The predicted octanol–water partition coefficient (Wildman–Crippen LogP) is 0.209. The average molecular weight is 86.1 g/mol. The first kappa shape index (κ1) is 5.12. The Balaban J connectivity index is 3.30. The molecule has 0 aliphatic carbocycles. The van der Waals surface area contributed by atoms with Crippen LogP contribution in [0.25, 0.3) is 0 Å². The molecule has 0 aromatic heterocycles. The van der Waals surface area contributed by atoms with Crippen LogP contribution in [0.3, 0.4) is 0 Å². The smallest absolute Gasteiger partial charge is 0.249 e. The molecule has 0 heterocycles. The van der Waals surface area contributed by atoms with Gasteiger partial charge in [-0.15, -0.1) is 0 Å². The Morgan fingerprint density at radius 2 is 2.50 bits per heavy atom. The maximum absolute atomic E-state index is 11.2. The van der Waals surface area contributed by atoms with Crippen molar-refractivity contribution in [2.45, 2.75) is 0 Å². The molecule has 0 aliphatic heterocycles. The lowest BCUT2D eigenvalue weighted by atomic mass is 11.0. The van der Waals surface area contributed by atoms with Crippen LogP contribution < -0.4 is 5.12 Å². The van der Waals surface area contributed by atoms with Crippen LogP contribution in [-0.4, -0.2) is 6.34 Å². The summed E-state index contributed by atoms with van der Waals surface area (Å²) in [5.74, 6) is 0. The van der Waals surface area contributed by atoms with Gasteiger partial charge in [-0.1, -0.05) is 0 Å². The molecule has 0 bridgehead atoms. The van der Waals surface area contributed by atoms with Gasteiger partial charge in [-0.2, -0.15) is 0 Å². The zero-order chi connectivity index (χ0) is 4.99. The SMILES string of the molecule is C#C[N+](F)C=N. The van der Waals surface area contributed by atoms with Crippen molar-refractivity contribution in [3.05, 3.63) is 0 Å². The summed E-state index contributed by atoms with van der Waals surface area (Å²) >= 11 is 0. The van der Waals surface area contributed by atoms with Crippen molar-refractivity contribution in [3.63, 3.8) is 0 Å². The van der Waals surface area contributed by atoms with E-state index in [1.54, 1.807) is 0 Å². The number of nitrogens with one attached hydrogen (secondary N) is 1. The Kier molecular flexibility index (Phi) is 2.02. The van der Waals surface area contributed by atoms with Crippen molar-refractivity contribution in [2.24, 2.45) is 0 Å². The van der Waals surface area contributed by atoms with Gasteiger partial charge in [-0.3, -0.25) is 0 Å². The van der Waals surface area contributed by atoms with Crippen LogP contribution in [-0.2, 0) is 0 Å². The fourth-order valence-electron chi connectivity index (χ4n) is 0.0373. The van der Waals surface area contributed by atoms with E-state index in [0.717, 1.165) is 0 Å². The average Bonchev–Trinajstić information content (AvgIpc) is 1.65. The van der Waals surface area contributed by atoms with Crippen LogP contribution in [0.5, 0.6) is 0 Å². The second-order valence-corrected chi connectivity index (χ2v) is 0.569. The molecule has 0 aliphatic rings. The molecule has 3 heteroatoms. The second kappa shape index (κ2) is 2.36. The first-order valence-electron chi connectivity index (χ1n) is 1.23. The Labute approximate surface area is 35.0 Å². The summed E-state index contributed by atoms with van der Waals surface area (Å²) in [6.07, 6.45) is 4.84. The standard InChI is InChI=1S/C3H3FN2/c1-2-6(4)3-5/h1,3,5H/q+1. The van der Waals surface area contributed by atoms with Crippen molar-refractivity contribution in [3.8, 4) is 12.5 Å². The zero-order valence-corrected chi connectivity index (χ0v) is 2.98. The van der Waals surface area contributed by atoms with Crippen LogP contribution in [0.15, 0.2) is 0 Å². The van der Waals surface area contributed by atoms with Crippen molar-refractivity contribution in [2.75, 3.05) is 0 Å². The molecule has 0 aromatic carbocycles.